The molecule has 0 unspecified atom stereocenters. The van der Waals surface area contributed by atoms with E-state index in [0.29, 0.717) is 0 Å². The number of nitrogens with one attached hydrogen (secondary N) is 1. The SMILES string of the molecule is Cn1cc(Cl)n(/C=C/c2cc(NS(=O)(=O)c3cccs3)c3c(c2O)OCO3)c1=O. The van der Waals surface area contributed by atoms with Gasteiger partial charge in [-0.1, -0.05) is 17.7 Å². The maximum Gasteiger partial charge on any atom is 0.333 e. The monoisotopic (exact) mass is 455 g/mol. The molecule has 3 heterocycles. The molecule has 152 valence electrons. The number of aromatic hydroxyl groups is 1. The van der Waals surface area contributed by atoms with Crippen molar-refractivity contribution in [2.24, 2.45) is 7.05 Å². The molecule has 0 fully saturated rings. The number of thiophene rings is 1. The molecule has 2 N–H and O–H groups in total. The highest BCUT2D eigenvalue weighted by Crippen LogP contribution is 2.48. The van der Waals surface area contributed by atoms with Crippen LogP contribution in [0.3, 0.4) is 0 Å². The zero-order valence-electron chi connectivity index (χ0n) is 14.8. The van der Waals surface area contributed by atoms with Crippen molar-refractivity contribution in [1.29, 1.82) is 0 Å². The summed E-state index contributed by atoms with van der Waals surface area (Å²) in [6.45, 7) is -0.173. The van der Waals surface area contributed by atoms with E-state index in [0.717, 1.165) is 11.3 Å². The number of hydrogen-bond acceptors (Lipinski definition) is 7. The van der Waals surface area contributed by atoms with Gasteiger partial charge < -0.3 is 19.1 Å². The molecule has 0 aliphatic carbocycles. The first-order valence-corrected chi connectivity index (χ1v) is 10.9. The van der Waals surface area contributed by atoms with Crippen molar-refractivity contribution in [3.8, 4) is 17.2 Å². The van der Waals surface area contributed by atoms with E-state index in [1.165, 1.54) is 39.7 Å². The maximum atomic E-state index is 12.6. The third-order valence-electron chi connectivity index (χ3n) is 4.09. The Morgan fingerprint density at radius 3 is 2.76 bits per heavy atom. The van der Waals surface area contributed by atoms with Crippen LogP contribution in [0.1, 0.15) is 5.56 Å². The van der Waals surface area contributed by atoms with Crippen molar-refractivity contribution in [3.05, 3.63) is 51.0 Å². The van der Waals surface area contributed by atoms with Crippen LogP contribution in [-0.2, 0) is 17.1 Å². The van der Waals surface area contributed by atoms with Crippen molar-refractivity contribution >= 4 is 50.9 Å². The van der Waals surface area contributed by atoms with Gasteiger partial charge in [-0.2, -0.15) is 0 Å². The lowest BCUT2D eigenvalue weighted by Crippen LogP contribution is -2.18. The van der Waals surface area contributed by atoms with Gasteiger partial charge >= 0.3 is 5.69 Å². The summed E-state index contributed by atoms with van der Waals surface area (Å²) in [4.78, 5) is 12.1. The summed E-state index contributed by atoms with van der Waals surface area (Å²) >= 11 is 7.08. The zero-order valence-corrected chi connectivity index (χ0v) is 17.2. The molecule has 0 bridgehead atoms. The molecule has 29 heavy (non-hydrogen) atoms. The lowest BCUT2D eigenvalue weighted by atomic mass is 10.1. The molecule has 12 heteroatoms. The molecule has 0 atom stereocenters. The molecule has 1 aliphatic rings. The predicted molar refractivity (Wildman–Crippen MR) is 109 cm³/mol. The fraction of sp³-hybridized carbons (Fsp3) is 0.118. The smallest absolute Gasteiger partial charge is 0.333 e. The van der Waals surface area contributed by atoms with Crippen LogP contribution in [0.5, 0.6) is 17.2 Å². The Morgan fingerprint density at radius 2 is 2.10 bits per heavy atom. The van der Waals surface area contributed by atoms with E-state index in [4.69, 9.17) is 21.1 Å². The van der Waals surface area contributed by atoms with Gasteiger partial charge in [0.2, 0.25) is 12.5 Å². The summed E-state index contributed by atoms with van der Waals surface area (Å²) < 4.78 is 40.8. The highest BCUT2D eigenvalue weighted by atomic mass is 35.5. The van der Waals surface area contributed by atoms with E-state index in [1.807, 2.05) is 0 Å². The number of sulfonamides is 1. The normalized spacial score (nSPS) is 13.3. The topological polar surface area (TPSA) is 112 Å². The van der Waals surface area contributed by atoms with Gasteiger partial charge in [-0.05, 0) is 23.6 Å². The van der Waals surface area contributed by atoms with E-state index in [2.05, 4.69) is 4.72 Å². The molecule has 4 rings (SSSR count). The lowest BCUT2D eigenvalue weighted by Gasteiger charge is -2.12. The fourth-order valence-electron chi connectivity index (χ4n) is 2.72. The van der Waals surface area contributed by atoms with Crippen LogP contribution < -0.4 is 19.9 Å². The summed E-state index contributed by atoms with van der Waals surface area (Å²) in [7, 11) is -2.30. The molecule has 0 saturated heterocycles. The molecule has 9 nitrogen and oxygen atoms in total. The number of nitrogens with zero attached hydrogens (tertiary/aromatic N) is 2. The molecule has 0 radical (unpaired) electrons. The summed E-state index contributed by atoms with van der Waals surface area (Å²) in [5.74, 6) is -0.176. The van der Waals surface area contributed by atoms with Crippen LogP contribution in [0.4, 0.5) is 5.69 Å². The quantitative estimate of drug-likeness (QED) is 0.572. The number of hydrogen-bond donors (Lipinski definition) is 2. The molecular formula is C17H14ClN3O6S2. The summed E-state index contributed by atoms with van der Waals surface area (Å²) in [5, 5.41) is 12.3. The molecule has 0 amide bonds. The number of phenolic OH excluding ortho intramolecular Hbond substituents is 1. The third-order valence-corrected chi connectivity index (χ3v) is 7.13. The van der Waals surface area contributed by atoms with Gasteiger partial charge in [-0.15, -0.1) is 11.3 Å². The van der Waals surface area contributed by atoms with Crippen LogP contribution >= 0.6 is 22.9 Å². The van der Waals surface area contributed by atoms with Crippen LogP contribution in [-0.4, -0.2) is 29.5 Å². The van der Waals surface area contributed by atoms with Crippen LogP contribution in [0.2, 0.25) is 5.15 Å². The molecule has 3 aromatic rings. The second kappa shape index (κ2) is 7.17. The van der Waals surface area contributed by atoms with Gasteiger partial charge in [0.1, 0.15) is 9.36 Å². The van der Waals surface area contributed by atoms with E-state index >= 15 is 0 Å². The van der Waals surface area contributed by atoms with Gasteiger partial charge in [-0.25, -0.2) is 13.2 Å². The number of aromatic nitrogens is 2. The Kier molecular flexibility index (Phi) is 4.81. The van der Waals surface area contributed by atoms with E-state index < -0.39 is 10.0 Å². The van der Waals surface area contributed by atoms with Crippen molar-refractivity contribution in [2.75, 3.05) is 11.5 Å². The highest BCUT2D eigenvalue weighted by Gasteiger charge is 2.27. The standard InChI is InChI=1S/C17H14ClN3O6S2/c1-20-8-12(18)21(17(20)23)5-4-10-7-11(15-16(14(10)22)27-9-26-15)19-29(24,25)13-3-2-6-28-13/h2-8,19,22H,9H2,1H3/b5-4+. The Bertz CT molecular complexity index is 1280. The number of rotatable bonds is 5. The Labute approximate surface area is 174 Å². The number of aryl methyl sites for hydroxylation is 1. The predicted octanol–water partition coefficient (Wildman–Crippen LogP) is 2.76. The minimum absolute atomic E-state index is 0.00235. The first-order valence-electron chi connectivity index (χ1n) is 8.11. The van der Waals surface area contributed by atoms with Crippen LogP contribution in [0.15, 0.2) is 38.8 Å². The number of fused-ring (bicyclic) bond motifs is 1. The first kappa shape index (κ1) is 19.4. The largest absolute Gasteiger partial charge is 0.504 e. The minimum Gasteiger partial charge on any atom is -0.504 e. The maximum absolute atomic E-state index is 12.6. The Morgan fingerprint density at radius 1 is 1.34 bits per heavy atom. The van der Waals surface area contributed by atoms with E-state index in [1.54, 1.807) is 18.5 Å². The number of ether oxygens (including phenoxy) is 2. The van der Waals surface area contributed by atoms with Crippen molar-refractivity contribution < 1.29 is 23.0 Å². The van der Waals surface area contributed by atoms with Crippen LogP contribution in [0.25, 0.3) is 12.3 Å². The average Bonchev–Trinajstić information content (AvgIpc) is 3.40. The highest BCUT2D eigenvalue weighted by molar-refractivity contribution is 7.94. The molecule has 1 aliphatic heterocycles. The second-order valence-electron chi connectivity index (χ2n) is 6.00. The van der Waals surface area contributed by atoms with E-state index in [9.17, 15) is 18.3 Å². The Hall–Kier alpha value is -2.89. The number of anilines is 1. The number of phenols is 1. The molecular weight excluding hydrogens is 442 g/mol. The minimum atomic E-state index is -3.85. The second-order valence-corrected chi connectivity index (χ2v) is 9.24. The van der Waals surface area contributed by atoms with Gasteiger partial charge in [0.05, 0.1) is 5.69 Å². The number of imidazole rings is 1. The average molecular weight is 456 g/mol. The number of benzene rings is 1. The third kappa shape index (κ3) is 3.48. The lowest BCUT2D eigenvalue weighted by molar-refractivity contribution is 0.171. The van der Waals surface area contributed by atoms with Crippen molar-refractivity contribution in [3.63, 3.8) is 0 Å². The summed E-state index contributed by atoms with van der Waals surface area (Å²) in [6, 6.07) is 4.47. The molecule has 0 spiro atoms. The van der Waals surface area contributed by atoms with E-state index in [-0.39, 0.29) is 50.3 Å². The summed E-state index contributed by atoms with van der Waals surface area (Å²) in [6.07, 6.45) is 4.21. The van der Waals surface area contributed by atoms with Gasteiger partial charge in [-0.3, -0.25) is 9.29 Å². The fourth-order valence-corrected chi connectivity index (χ4v) is 5.04. The van der Waals surface area contributed by atoms with Crippen molar-refractivity contribution in [1.82, 2.24) is 9.13 Å². The van der Waals surface area contributed by atoms with Gasteiger partial charge in [0, 0.05) is 25.0 Å². The Balaban J connectivity index is 1.77. The summed E-state index contributed by atoms with van der Waals surface area (Å²) in [5.41, 5.74) is -0.0927. The zero-order chi connectivity index (χ0) is 20.8. The molecule has 1 aromatic carbocycles. The number of halogens is 1. The first-order chi connectivity index (χ1) is 13.8. The van der Waals surface area contributed by atoms with Crippen LogP contribution in [0, 0.1) is 0 Å². The molecule has 2 aromatic heterocycles. The van der Waals surface area contributed by atoms with Crippen molar-refractivity contribution in [2.45, 2.75) is 4.21 Å². The van der Waals surface area contributed by atoms with Gasteiger partial charge in [0.15, 0.2) is 11.5 Å². The van der Waals surface area contributed by atoms with Gasteiger partial charge in [0.25, 0.3) is 10.0 Å². The molecule has 0 saturated carbocycles.